The molecule has 0 saturated heterocycles. The van der Waals surface area contributed by atoms with Gasteiger partial charge in [0.15, 0.2) is 0 Å². The number of H-pyrrole nitrogens is 1. The van der Waals surface area contributed by atoms with Crippen molar-refractivity contribution in [3.8, 4) is 17.2 Å². The van der Waals surface area contributed by atoms with Gasteiger partial charge < -0.3 is 0 Å². The monoisotopic (exact) mass is 271 g/mol. The first-order chi connectivity index (χ1) is 7.63. The summed E-state index contributed by atoms with van der Waals surface area (Å²) in [6.45, 7) is 0. The number of nitriles is 1. The lowest BCUT2D eigenvalue weighted by atomic mass is 10.1. The molecule has 2 aromatic rings. The van der Waals surface area contributed by atoms with Gasteiger partial charge in [0.1, 0.15) is 11.8 Å². The summed E-state index contributed by atoms with van der Waals surface area (Å²) in [4.78, 5) is 0. The van der Waals surface area contributed by atoms with Crippen LogP contribution in [0.2, 0.25) is 15.1 Å². The maximum Gasteiger partial charge on any atom is 0.143 e. The largest absolute Gasteiger partial charge is 0.267 e. The fourth-order valence-electron chi connectivity index (χ4n) is 1.36. The lowest BCUT2D eigenvalue weighted by Gasteiger charge is -2.05. The van der Waals surface area contributed by atoms with Gasteiger partial charge in [0, 0.05) is 16.1 Å². The Labute approximate surface area is 107 Å². The summed E-state index contributed by atoms with van der Waals surface area (Å²) in [7, 11) is 0. The molecule has 1 aromatic heterocycles. The Balaban J connectivity index is 2.70. The fraction of sp³-hybridized carbons (Fsp3) is 0. The van der Waals surface area contributed by atoms with Gasteiger partial charge in [-0.25, -0.2) is 0 Å². The van der Waals surface area contributed by atoms with Crippen molar-refractivity contribution >= 4 is 34.8 Å². The van der Waals surface area contributed by atoms with Crippen molar-refractivity contribution in [1.82, 2.24) is 10.2 Å². The van der Waals surface area contributed by atoms with Crippen LogP contribution in [0.5, 0.6) is 0 Å². The van der Waals surface area contributed by atoms with Crippen LogP contribution in [-0.2, 0) is 0 Å². The number of aromatic nitrogens is 2. The topological polar surface area (TPSA) is 52.5 Å². The number of halogens is 3. The number of hydrogen-bond acceptors (Lipinski definition) is 2. The van der Waals surface area contributed by atoms with Crippen molar-refractivity contribution in [3.63, 3.8) is 0 Å². The fourth-order valence-corrected chi connectivity index (χ4v) is 2.38. The van der Waals surface area contributed by atoms with Crippen molar-refractivity contribution in [2.45, 2.75) is 0 Å². The summed E-state index contributed by atoms with van der Waals surface area (Å²) in [6.07, 6.45) is 1.50. The van der Waals surface area contributed by atoms with E-state index >= 15 is 0 Å². The van der Waals surface area contributed by atoms with Crippen LogP contribution in [0.25, 0.3) is 11.1 Å². The minimum absolute atomic E-state index is 0.311. The maximum atomic E-state index is 8.87. The van der Waals surface area contributed by atoms with E-state index in [4.69, 9.17) is 40.1 Å². The molecule has 0 fully saturated rings. The third-order valence-electron chi connectivity index (χ3n) is 2.03. The highest BCUT2D eigenvalue weighted by Crippen LogP contribution is 2.37. The standard InChI is InChI=1S/C10H4Cl3N3/c11-5-1-7(12)10(8(13)2-5)6-4-15-16-9(6)3-14/h1-2,4H,(H,15,16). The Morgan fingerprint density at radius 3 is 2.38 bits per heavy atom. The number of rotatable bonds is 1. The van der Waals surface area contributed by atoms with Gasteiger partial charge in [0.25, 0.3) is 0 Å². The molecule has 0 saturated carbocycles. The molecule has 1 N–H and O–H groups in total. The minimum atomic E-state index is 0.311. The van der Waals surface area contributed by atoms with Gasteiger partial charge in [-0.3, -0.25) is 5.10 Å². The van der Waals surface area contributed by atoms with Crippen LogP contribution >= 0.6 is 34.8 Å². The van der Waals surface area contributed by atoms with E-state index in [9.17, 15) is 0 Å². The third-order valence-corrected chi connectivity index (χ3v) is 2.84. The molecule has 0 bridgehead atoms. The molecule has 0 radical (unpaired) electrons. The Bertz CT molecular complexity index is 560. The van der Waals surface area contributed by atoms with Gasteiger partial charge in [-0.2, -0.15) is 10.4 Å². The summed E-state index contributed by atoms with van der Waals surface area (Å²) in [6, 6.07) is 5.11. The van der Waals surface area contributed by atoms with Gasteiger partial charge in [-0.1, -0.05) is 34.8 Å². The smallest absolute Gasteiger partial charge is 0.143 e. The predicted octanol–water partition coefficient (Wildman–Crippen LogP) is 3.91. The van der Waals surface area contributed by atoms with Gasteiger partial charge in [0.2, 0.25) is 0 Å². The Morgan fingerprint density at radius 1 is 1.19 bits per heavy atom. The van der Waals surface area contributed by atoms with Crippen LogP contribution in [0.1, 0.15) is 5.69 Å². The van der Waals surface area contributed by atoms with Crippen LogP contribution in [-0.4, -0.2) is 10.2 Å². The van der Waals surface area contributed by atoms with E-state index in [1.807, 2.05) is 6.07 Å². The summed E-state index contributed by atoms with van der Waals surface area (Å²) in [5.74, 6) is 0. The van der Waals surface area contributed by atoms with Crippen molar-refractivity contribution in [3.05, 3.63) is 39.1 Å². The predicted molar refractivity (Wildman–Crippen MR) is 63.8 cm³/mol. The summed E-state index contributed by atoms with van der Waals surface area (Å²) in [5, 5.41) is 16.4. The zero-order valence-electron chi connectivity index (χ0n) is 7.76. The highest BCUT2D eigenvalue weighted by atomic mass is 35.5. The number of nitrogens with zero attached hydrogens (tertiary/aromatic N) is 2. The molecule has 1 aromatic carbocycles. The lowest BCUT2D eigenvalue weighted by Crippen LogP contribution is -1.84. The van der Waals surface area contributed by atoms with Crippen molar-refractivity contribution in [2.75, 3.05) is 0 Å². The summed E-state index contributed by atoms with van der Waals surface area (Å²) < 4.78 is 0. The second-order valence-corrected chi connectivity index (χ2v) is 4.27. The van der Waals surface area contributed by atoms with Crippen molar-refractivity contribution in [2.24, 2.45) is 0 Å². The molecular formula is C10H4Cl3N3. The van der Waals surface area contributed by atoms with E-state index in [1.54, 1.807) is 12.1 Å². The molecule has 2 rings (SSSR count). The average molecular weight is 273 g/mol. The van der Waals surface area contributed by atoms with Gasteiger partial charge >= 0.3 is 0 Å². The van der Waals surface area contributed by atoms with E-state index in [2.05, 4.69) is 10.2 Å². The molecule has 0 unspecified atom stereocenters. The van der Waals surface area contributed by atoms with Gasteiger partial charge in [-0.05, 0) is 12.1 Å². The first-order valence-electron chi connectivity index (χ1n) is 4.22. The van der Waals surface area contributed by atoms with E-state index in [-0.39, 0.29) is 0 Å². The lowest BCUT2D eigenvalue weighted by molar-refractivity contribution is 1.07. The normalized spacial score (nSPS) is 10.1. The Hall–Kier alpha value is -1.21. The molecule has 0 aliphatic heterocycles. The Kier molecular flexibility index (Phi) is 3.06. The van der Waals surface area contributed by atoms with Crippen LogP contribution in [0.4, 0.5) is 0 Å². The molecule has 80 valence electrons. The van der Waals surface area contributed by atoms with Crippen LogP contribution in [0.3, 0.4) is 0 Å². The van der Waals surface area contributed by atoms with Crippen LogP contribution in [0.15, 0.2) is 18.3 Å². The first kappa shape index (κ1) is 11.3. The molecule has 16 heavy (non-hydrogen) atoms. The van der Waals surface area contributed by atoms with E-state index in [1.165, 1.54) is 6.20 Å². The molecular weight excluding hydrogens is 268 g/mol. The number of hydrogen-bond donors (Lipinski definition) is 1. The molecule has 3 nitrogen and oxygen atoms in total. The van der Waals surface area contributed by atoms with Gasteiger partial charge in [-0.15, -0.1) is 0 Å². The van der Waals surface area contributed by atoms with E-state index in [0.717, 1.165) is 0 Å². The van der Waals surface area contributed by atoms with E-state index < -0.39 is 0 Å². The third kappa shape index (κ3) is 1.88. The molecule has 0 amide bonds. The second kappa shape index (κ2) is 4.34. The zero-order valence-corrected chi connectivity index (χ0v) is 10.0. The maximum absolute atomic E-state index is 8.87. The summed E-state index contributed by atoms with van der Waals surface area (Å²) >= 11 is 17.9. The molecule has 0 spiro atoms. The zero-order chi connectivity index (χ0) is 11.7. The first-order valence-corrected chi connectivity index (χ1v) is 5.35. The van der Waals surface area contributed by atoms with Crippen LogP contribution in [0, 0.1) is 11.3 Å². The molecule has 0 aliphatic carbocycles. The average Bonchev–Trinajstić information content (AvgIpc) is 2.64. The quantitative estimate of drug-likeness (QED) is 0.855. The van der Waals surface area contributed by atoms with E-state index in [0.29, 0.717) is 31.9 Å². The number of benzene rings is 1. The SMILES string of the molecule is N#Cc1[nH]ncc1-c1c(Cl)cc(Cl)cc1Cl. The number of aromatic amines is 1. The molecule has 0 atom stereocenters. The Morgan fingerprint density at radius 2 is 1.81 bits per heavy atom. The molecule has 6 heteroatoms. The summed E-state index contributed by atoms with van der Waals surface area (Å²) in [5.41, 5.74) is 1.43. The molecule has 1 heterocycles. The van der Waals surface area contributed by atoms with Crippen molar-refractivity contribution < 1.29 is 0 Å². The molecule has 0 aliphatic rings. The van der Waals surface area contributed by atoms with Gasteiger partial charge in [0.05, 0.1) is 16.2 Å². The van der Waals surface area contributed by atoms with Crippen LogP contribution < -0.4 is 0 Å². The highest BCUT2D eigenvalue weighted by Gasteiger charge is 2.15. The van der Waals surface area contributed by atoms with Crippen molar-refractivity contribution in [1.29, 1.82) is 5.26 Å². The highest BCUT2D eigenvalue weighted by molar-refractivity contribution is 6.41. The number of nitrogens with one attached hydrogen (secondary N) is 1. The second-order valence-electron chi connectivity index (χ2n) is 3.01. The minimum Gasteiger partial charge on any atom is -0.267 e.